The number of rotatable bonds is 0. The third kappa shape index (κ3) is 0.552. The number of hydrogen-bond acceptors (Lipinski definition) is 3. The van der Waals surface area contributed by atoms with Crippen LogP contribution in [0, 0.1) is 35.5 Å². The van der Waals surface area contributed by atoms with Gasteiger partial charge in [-0.05, 0) is 30.1 Å². The molecule has 4 rings (SSSR count). The van der Waals surface area contributed by atoms with E-state index in [9.17, 15) is 9.59 Å². The first kappa shape index (κ1) is 7.21. The number of ether oxygens (including phenoxy) is 1. The topological polar surface area (TPSA) is 43.4 Å². The van der Waals surface area contributed by atoms with Gasteiger partial charge in [-0.2, -0.15) is 0 Å². The summed E-state index contributed by atoms with van der Waals surface area (Å²) in [6, 6.07) is 0. The van der Waals surface area contributed by atoms with Crippen molar-refractivity contribution in [3.63, 3.8) is 0 Å². The predicted molar refractivity (Wildman–Crippen MR) is 45.8 cm³/mol. The zero-order chi connectivity index (χ0) is 9.45. The van der Waals surface area contributed by atoms with Crippen molar-refractivity contribution in [1.82, 2.24) is 0 Å². The van der Waals surface area contributed by atoms with E-state index in [0.717, 1.165) is 6.42 Å². The summed E-state index contributed by atoms with van der Waals surface area (Å²) in [6.07, 6.45) is 5.60. The van der Waals surface area contributed by atoms with E-state index in [0.29, 0.717) is 23.7 Å². The third-order valence-corrected chi connectivity index (χ3v) is 4.54. The van der Waals surface area contributed by atoms with Gasteiger partial charge in [0.05, 0.1) is 11.8 Å². The van der Waals surface area contributed by atoms with Gasteiger partial charge in [0.1, 0.15) is 0 Å². The van der Waals surface area contributed by atoms with E-state index in [1.807, 2.05) is 0 Å². The SMILES string of the molecule is O=C1OC(=O)C2C1C1C3C=CC(C3)C21. The highest BCUT2D eigenvalue weighted by molar-refractivity contribution is 5.98. The number of cyclic esters (lactones) is 2. The van der Waals surface area contributed by atoms with Crippen molar-refractivity contribution in [3.8, 4) is 0 Å². The third-order valence-electron chi connectivity index (χ3n) is 4.54. The quantitative estimate of drug-likeness (QED) is 0.321. The lowest BCUT2D eigenvalue weighted by Gasteiger charge is -2.45. The van der Waals surface area contributed by atoms with Gasteiger partial charge in [0, 0.05) is 0 Å². The average molecular weight is 190 g/mol. The van der Waals surface area contributed by atoms with Crippen LogP contribution >= 0.6 is 0 Å². The summed E-state index contributed by atoms with van der Waals surface area (Å²) in [4.78, 5) is 22.8. The Kier molecular flexibility index (Phi) is 1.00. The van der Waals surface area contributed by atoms with Crippen molar-refractivity contribution in [2.45, 2.75) is 6.42 Å². The van der Waals surface area contributed by atoms with Gasteiger partial charge in [-0.1, -0.05) is 12.2 Å². The summed E-state index contributed by atoms with van der Waals surface area (Å²) in [5.74, 6) is 1.24. The van der Waals surface area contributed by atoms with E-state index >= 15 is 0 Å². The molecule has 72 valence electrons. The molecule has 0 aromatic carbocycles. The summed E-state index contributed by atoms with van der Waals surface area (Å²) in [7, 11) is 0. The lowest BCUT2D eigenvalue weighted by Crippen LogP contribution is -2.50. The number of allylic oxidation sites excluding steroid dienone is 2. The van der Waals surface area contributed by atoms with E-state index < -0.39 is 0 Å². The molecule has 2 bridgehead atoms. The molecule has 14 heavy (non-hydrogen) atoms. The van der Waals surface area contributed by atoms with Crippen LogP contribution in [-0.2, 0) is 14.3 Å². The molecule has 0 amide bonds. The lowest BCUT2D eigenvalue weighted by atomic mass is 9.54. The Morgan fingerprint density at radius 1 is 1.00 bits per heavy atom. The van der Waals surface area contributed by atoms with Crippen LogP contribution in [0.2, 0.25) is 0 Å². The Labute approximate surface area is 81.1 Å². The molecule has 0 radical (unpaired) electrons. The first-order valence-corrected chi connectivity index (χ1v) is 5.21. The summed E-state index contributed by atoms with van der Waals surface area (Å²) < 4.78 is 4.70. The molecule has 3 aliphatic carbocycles. The molecule has 4 aliphatic rings. The number of esters is 2. The van der Waals surface area contributed by atoms with Crippen molar-refractivity contribution < 1.29 is 14.3 Å². The van der Waals surface area contributed by atoms with E-state index in [2.05, 4.69) is 12.2 Å². The molecule has 0 N–H and O–H groups in total. The lowest BCUT2D eigenvalue weighted by molar-refractivity contribution is -0.153. The van der Waals surface area contributed by atoms with Crippen molar-refractivity contribution in [2.24, 2.45) is 35.5 Å². The van der Waals surface area contributed by atoms with E-state index in [1.165, 1.54) is 0 Å². The van der Waals surface area contributed by atoms with Crippen LogP contribution in [-0.4, -0.2) is 11.9 Å². The van der Waals surface area contributed by atoms with Crippen LogP contribution < -0.4 is 0 Å². The molecule has 0 aromatic heterocycles. The molecule has 1 saturated heterocycles. The van der Waals surface area contributed by atoms with Crippen molar-refractivity contribution in [3.05, 3.63) is 12.2 Å². The van der Waals surface area contributed by atoms with Crippen LogP contribution in [0.5, 0.6) is 0 Å². The largest absolute Gasteiger partial charge is 0.393 e. The average Bonchev–Trinajstić information content (AvgIpc) is 2.64. The molecular weight excluding hydrogens is 180 g/mol. The minimum Gasteiger partial charge on any atom is -0.393 e. The molecule has 1 aliphatic heterocycles. The molecule has 3 nitrogen and oxygen atoms in total. The van der Waals surface area contributed by atoms with Crippen molar-refractivity contribution in [2.75, 3.05) is 0 Å². The van der Waals surface area contributed by atoms with Gasteiger partial charge in [0.15, 0.2) is 0 Å². The Hall–Kier alpha value is -1.12. The fourth-order valence-electron chi connectivity index (χ4n) is 4.09. The molecule has 6 unspecified atom stereocenters. The maximum absolute atomic E-state index is 11.4. The van der Waals surface area contributed by atoms with Gasteiger partial charge in [-0.25, -0.2) is 0 Å². The molecule has 0 spiro atoms. The highest BCUT2D eigenvalue weighted by Crippen LogP contribution is 2.65. The van der Waals surface area contributed by atoms with Gasteiger partial charge in [0.25, 0.3) is 0 Å². The molecule has 0 aromatic rings. The maximum Gasteiger partial charge on any atom is 0.317 e. The number of carbonyl (C=O) groups excluding carboxylic acids is 2. The summed E-state index contributed by atoms with van der Waals surface area (Å²) >= 11 is 0. The summed E-state index contributed by atoms with van der Waals surface area (Å²) in [6.45, 7) is 0. The number of hydrogen-bond donors (Lipinski definition) is 0. The predicted octanol–water partition coefficient (Wildman–Crippen LogP) is 0.754. The molecule has 6 atom stereocenters. The Bertz CT molecular complexity index is 350. The molecule has 1 heterocycles. The van der Waals surface area contributed by atoms with Crippen molar-refractivity contribution >= 4 is 11.9 Å². The Morgan fingerprint density at radius 2 is 1.50 bits per heavy atom. The first-order valence-electron chi connectivity index (χ1n) is 5.21. The van der Waals surface area contributed by atoms with E-state index in [-0.39, 0.29) is 23.8 Å². The smallest absolute Gasteiger partial charge is 0.317 e. The minimum absolute atomic E-state index is 0.0903. The molecule has 3 heteroatoms. The van der Waals surface area contributed by atoms with Crippen LogP contribution in [0.25, 0.3) is 0 Å². The van der Waals surface area contributed by atoms with Gasteiger partial charge in [0.2, 0.25) is 0 Å². The van der Waals surface area contributed by atoms with E-state index in [4.69, 9.17) is 4.74 Å². The monoisotopic (exact) mass is 190 g/mol. The van der Waals surface area contributed by atoms with E-state index in [1.54, 1.807) is 0 Å². The van der Waals surface area contributed by atoms with Gasteiger partial charge < -0.3 is 4.74 Å². The second-order valence-electron chi connectivity index (χ2n) is 4.89. The Morgan fingerprint density at radius 3 is 2.00 bits per heavy atom. The van der Waals surface area contributed by atoms with Gasteiger partial charge >= 0.3 is 11.9 Å². The molecule has 3 fully saturated rings. The highest BCUT2D eigenvalue weighted by atomic mass is 16.6. The fourth-order valence-corrected chi connectivity index (χ4v) is 4.09. The highest BCUT2D eigenvalue weighted by Gasteiger charge is 2.70. The van der Waals surface area contributed by atoms with Crippen molar-refractivity contribution in [1.29, 1.82) is 0 Å². The summed E-state index contributed by atoms with van der Waals surface area (Å²) in [5, 5.41) is 0. The second kappa shape index (κ2) is 1.95. The maximum atomic E-state index is 11.4. The van der Waals surface area contributed by atoms with Crippen LogP contribution in [0.15, 0.2) is 12.2 Å². The van der Waals surface area contributed by atoms with Crippen LogP contribution in [0.1, 0.15) is 6.42 Å². The zero-order valence-corrected chi connectivity index (χ0v) is 7.55. The molecular formula is C11H10O3. The van der Waals surface area contributed by atoms with Gasteiger partial charge in [-0.15, -0.1) is 0 Å². The van der Waals surface area contributed by atoms with Gasteiger partial charge in [-0.3, -0.25) is 9.59 Å². The number of carbonyl (C=O) groups is 2. The van der Waals surface area contributed by atoms with Crippen LogP contribution in [0.4, 0.5) is 0 Å². The Balaban J connectivity index is 1.80. The summed E-state index contributed by atoms with van der Waals surface area (Å²) in [5.41, 5.74) is 0. The number of fused-ring (bicyclic) bond motifs is 8. The fraction of sp³-hybridized carbons (Fsp3) is 0.636. The first-order chi connectivity index (χ1) is 6.77. The van der Waals surface area contributed by atoms with Crippen LogP contribution in [0.3, 0.4) is 0 Å². The minimum atomic E-state index is -0.262. The normalized spacial score (nSPS) is 56.9. The second-order valence-corrected chi connectivity index (χ2v) is 4.89. The standard InChI is InChI=1S/C11H10O3/c12-10-8-6-4-1-2-5(3-4)7(6)9(8)11(13)14-10/h1-2,4-9H,3H2. The molecule has 2 saturated carbocycles. The zero-order valence-electron chi connectivity index (χ0n) is 7.55.